The highest BCUT2D eigenvalue weighted by molar-refractivity contribution is 5.13. The lowest BCUT2D eigenvalue weighted by Gasteiger charge is -2.16. The molecular formula is C9H16FNO. The second kappa shape index (κ2) is 2.96. The van der Waals surface area contributed by atoms with Crippen molar-refractivity contribution in [2.75, 3.05) is 13.2 Å². The van der Waals surface area contributed by atoms with Crippen molar-refractivity contribution in [1.82, 2.24) is 5.32 Å². The van der Waals surface area contributed by atoms with Gasteiger partial charge in [0, 0.05) is 12.1 Å². The summed E-state index contributed by atoms with van der Waals surface area (Å²) in [5.74, 6) is 0.823. The van der Waals surface area contributed by atoms with Crippen LogP contribution >= 0.6 is 0 Å². The Hall–Kier alpha value is -0.150. The first-order chi connectivity index (χ1) is 5.77. The van der Waals surface area contributed by atoms with Crippen LogP contribution in [-0.2, 0) is 0 Å². The number of rotatable bonds is 4. The van der Waals surface area contributed by atoms with Crippen LogP contribution in [0.4, 0.5) is 4.39 Å². The molecule has 3 heteroatoms. The van der Waals surface area contributed by atoms with E-state index in [0.29, 0.717) is 12.1 Å². The third-order valence-electron chi connectivity index (χ3n) is 3.28. The number of fused-ring (bicyclic) bond motifs is 1. The summed E-state index contributed by atoms with van der Waals surface area (Å²) in [5.41, 5.74) is 0.316. The van der Waals surface area contributed by atoms with Crippen molar-refractivity contribution in [2.45, 2.75) is 37.3 Å². The first-order valence-electron chi connectivity index (χ1n) is 4.76. The van der Waals surface area contributed by atoms with Crippen molar-refractivity contribution in [2.24, 2.45) is 5.92 Å². The van der Waals surface area contributed by atoms with Gasteiger partial charge in [-0.2, -0.15) is 0 Å². The van der Waals surface area contributed by atoms with E-state index in [9.17, 15) is 4.39 Å². The predicted molar refractivity (Wildman–Crippen MR) is 44.7 cm³/mol. The summed E-state index contributed by atoms with van der Waals surface area (Å²) >= 11 is 0. The van der Waals surface area contributed by atoms with Gasteiger partial charge in [0.2, 0.25) is 0 Å². The summed E-state index contributed by atoms with van der Waals surface area (Å²) in [6, 6.07) is 0. The number of hydrogen-bond donors (Lipinski definition) is 2. The van der Waals surface area contributed by atoms with Gasteiger partial charge < -0.3 is 10.4 Å². The Morgan fingerprint density at radius 3 is 3.00 bits per heavy atom. The van der Waals surface area contributed by atoms with Gasteiger partial charge in [0.25, 0.3) is 0 Å². The van der Waals surface area contributed by atoms with E-state index in [1.807, 2.05) is 0 Å². The van der Waals surface area contributed by atoms with Crippen molar-refractivity contribution < 1.29 is 9.50 Å². The number of aliphatic hydroxyl groups is 1. The molecule has 3 atom stereocenters. The van der Waals surface area contributed by atoms with Crippen molar-refractivity contribution in [3.63, 3.8) is 0 Å². The van der Waals surface area contributed by atoms with Crippen LogP contribution in [0.15, 0.2) is 0 Å². The van der Waals surface area contributed by atoms with Gasteiger partial charge in [-0.3, -0.25) is 0 Å². The minimum atomic E-state index is -0.804. The minimum absolute atomic E-state index is 0.316. The number of nitrogens with one attached hydrogen (secondary N) is 1. The minimum Gasteiger partial charge on any atom is -0.389 e. The number of aliphatic hydroxyl groups excluding tert-OH is 1. The van der Waals surface area contributed by atoms with Crippen LogP contribution in [0.25, 0.3) is 0 Å². The first-order valence-corrected chi connectivity index (χ1v) is 4.76. The Kier molecular flexibility index (Phi) is 2.09. The molecule has 2 aliphatic carbocycles. The highest BCUT2D eigenvalue weighted by atomic mass is 19.1. The summed E-state index contributed by atoms with van der Waals surface area (Å²) in [7, 11) is 0. The molecule has 0 radical (unpaired) electrons. The molecule has 0 aliphatic heterocycles. The van der Waals surface area contributed by atoms with Crippen molar-refractivity contribution in [3.05, 3.63) is 0 Å². The number of halogens is 1. The van der Waals surface area contributed by atoms with Crippen LogP contribution in [0.5, 0.6) is 0 Å². The zero-order valence-electron chi connectivity index (χ0n) is 7.22. The van der Waals surface area contributed by atoms with E-state index in [-0.39, 0.29) is 0 Å². The maximum Gasteiger partial charge on any atom is 0.117 e. The molecule has 0 amide bonds. The van der Waals surface area contributed by atoms with E-state index in [0.717, 1.165) is 5.92 Å². The van der Waals surface area contributed by atoms with Crippen molar-refractivity contribution >= 4 is 0 Å². The lowest BCUT2D eigenvalue weighted by Crippen LogP contribution is -2.38. The molecule has 0 aromatic carbocycles. The van der Waals surface area contributed by atoms with Crippen LogP contribution in [0.1, 0.15) is 25.7 Å². The van der Waals surface area contributed by atoms with Crippen LogP contribution < -0.4 is 5.32 Å². The van der Waals surface area contributed by atoms with E-state index < -0.39 is 12.8 Å². The quantitative estimate of drug-likeness (QED) is 0.660. The van der Waals surface area contributed by atoms with E-state index in [2.05, 4.69) is 5.32 Å². The van der Waals surface area contributed by atoms with E-state index in [4.69, 9.17) is 5.11 Å². The van der Waals surface area contributed by atoms with Crippen LogP contribution in [-0.4, -0.2) is 30.0 Å². The second-order valence-corrected chi connectivity index (χ2v) is 4.14. The van der Waals surface area contributed by atoms with Gasteiger partial charge >= 0.3 is 0 Å². The standard InChI is InChI=1S/C9H16FNO/c10-5-8(12)6-11-9-3-1-2-7(9)4-9/h7-8,11-12H,1-6H2. The Morgan fingerprint density at radius 2 is 2.50 bits per heavy atom. The average Bonchev–Trinajstić information content (AvgIpc) is 2.65. The van der Waals surface area contributed by atoms with Crippen LogP contribution in [0.3, 0.4) is 0 Å². The highest BCUT2D eigenvalue weighted by Crippen LogP contribution is 2.55. The van der Waals surface area contributed by atoms with Gasteiger partial charge in [-0.1, -0.05) is 6.42 Å². The van der Waals surface area contributed by atoms with Gasteiger partial charge in [-0.05, 0) is 25.2 Å². The van der Waals surface area contributed by atoms with Gasteiger partial charge in [0.05, 0.1) is 6.10 Å². The Morgan fingerprint density at radius 1 is 1.67 bits per heavy atom. The molecule has 3 unspecified atom stereocenters. The molecule has 2 aliphatic rings. The fourth-order valence-corrected chi connectivity index (χ4v) is 2.41. The summed E-state index contributed by atoms with van der Waals surface area (Å²) in [6.45, 7) is -0.208. The molecule has 2 nitrogen and oxygen atoms in total. The lowest BCUT2D eigenvalue weighted by atomic mass is 10.2. The zero-order valence-corrected chi connectivity index (χ0v) is 7.22. The van der Waals surface area contributed by atoms with Gasteiger partial charge in [0.15, 0.2) is 0 Å². The molecule has 0 spiro atoms. The molecule has 2 saturated carbocycles. The largest absolute Gasteiger partial charge is 0.389 e. The van der Waals surface area contributed by atoms with E-state index in [1.165, 1.54) is 25.7 Å². The average molecular weight is 173 g/mol. The number of hydrogen-bond acceptors (Lipinski definition) is 2. The third-order valence-corrected chi connectivity index (χ3v) is 3.28. The Bertz CT molecular complexity index is 176. The fraction of sp³-hybridized carbons (Fsp3) is 1.00. The zero-order chi connectivity index (χ0) is 8.60. The van der Waals surface area contributed by atoms with Gasteiger partial charge in [0.1, 0.15) is 6.67 Å². The Balaban J connectivity index is 1.74. The predicted octanol–water partition coefficient (Wildman–Crippen LogP) is 0.849. The molecule has 0 aromatic rings. The number of alkyl halides is 1. The first kappa shape index (κ1) is 8.45. The second-order valence-electron chi connectivity index (χ2n) is 4.14. The molecule has 2 rings (SSSR count). The smallest absolute Gasteiger partial charge is 0.117 e. The maximum atomic E-state index is 11.9. The summed E-state index contributed by atoms with van der Waals surface area (Å²) in [4.78, 5) is 0. The molecule has 0 heterocycles. The molecule has 0 bridgehead atoms. The topological polar surface area (TPSA) is 32.3 Å². The summed E-state index contributed by atoms with van der Waals surface area (Å²) in [6.07, 6.45) is 4.27. The van der Waals surface area contributed by atoms with Crippen molar-refractivity contribution in [3.8, 4) is 0 Å². The van der Waals surface area contributed by atoms with Crippen molar-refractivity contribution in [1.29, 1.82) is 0 Å². The molecule has 70 valence electrons. The maximum absolute atomic E-state index is 11.9. The molecule has 2 fully saturated rings. The summed E-state index contributed by atoms with van der Waals surface area (Å²) < 4.78 is 11.9. The fourth-order valence-electron chi connectivity index (χ4n) is 2.41. The van der Waals surface area contributed by atoms with E-state index >= 15 is 0 Å². The number of β-amino-alcohol motifs (C(OH)–C–C–N with tert-alkyl or cyclic N) is 1. The van der Waals surface area contributed by atoms with E-state index in [1.54, 1.807) is 0 Å². The molecular weight excluding hydrogens is 157 g/mol. The van der Waals surface area contributed by atoms with Crippen LogP contribution in [0, 0.1) is 5.92 Å². The van der Waals surface area contributed by atoms with Gasteiger partial charge in [-0.25, -0.2) is 4.39 Å². The highest BCUT2D eigenvalue weighted by Gasteiger charge is 2.56. The van der Waals surface area contributed by atoms with Crippen LogP contribution in [0.2, 0.25) is 0 Å². The van der Waals surface area contributed by atoms with Gasteiger partial charge in [-0.15, -0.1) is 0 Å². The monoisotopic (exact) mass is 173 g/mol. The molecule has 0 aromatic heterocycles. The Labute approximate surface area is 72.2 Å². The lowest BCUT2D eigenvalue weighted by molar-refractivity contribution is 0.132. The molecule has 2 N–H and O–H groups in total. The summed E-state index contributed by atoms with van der Waals surface area (Å²) in [5, 5.41) is 12.3. The third kappa shape index (κ3) is 1.36. The normalized spacial score (nSPS) is 41.0. The SMILES string of the molecule is OC(CF)CNC12CCCC1C2. The molecule has 0 saturated heterocycles. The molecule has 12 heavy (non-hydrogen) atoms.